The molecular formula is C31H27F5N2O6. The zero-order chi connectivity index (χ0) is 32.6. The highest BCUT2D eigenvalue weighted by Gasteiger charge is 2.42. The van der Waals surface area contributed by atoms with Crippen molar-refractivity contribution in [3.63, 3.8) is 0 Å². The number of hydrogen-bond acceptors (Lipinski definition) is 6. The van der Waals surface area contributed by atoms with Gasteiger partial charge in [0.15, 0.2) is 5.78 Å². The fraction of sp³-hybridized carbons (Fsp3) is 0.290. The normalized spacial score (nSPS) is 15.2. The maximum Gasteiger partial charge on any atom is 0.417 e. The van der Waals surface area contributed by atoms with Crippen molar-refractivity contribution >= 4 is 29.4 Å². The molecule has 13 heteroatoms. The summed E-state index contributed by atoms with van der Waals surface area (Å²) in [5.74, 6) is -6.12. The molecule has 1 unspecified atom stereocenters. The second kappa shape index (κ2) is 12.1. The number of anilines is 1. The quantitative estimate of drug-likeness (QED) is 0.177. The average Bonchev–Trinajstić information content (AvgIpc) is 3.30. The summed E-state index contributed by atoms with van der Waals surface area (Å²) in [6, 6.07) is 8.52. The summed E-state index contributed by atoms with van der Waals surface area (Å²) < 4.78 is 79.6. The van der Waals surface area contributed by atoms with Crippen molar-refractivity contribution in [2.45, 2.75) is 45.9 Å². The molecule has 44 heavy (non-hydrogen) atoms. The molecule has 3 aromatic carbocycles. The fourth-order valence-corrected chi connectivity index (χ4v) is 4.42. The molecule has 1 fully saturated rings. The Hall–Kier alpha value is -4.81. The largest absolute Gasteiger partial charge is 0.456 e. The number of amides is 3. The number of nitrogens with one attached hydrogen (secondary N) is 1. The van der Waals surface area contributed by atoms with Crippen LogP contribution in [0.15, 0.2) is 54.6 Å². The molecule has 1 atom stereocenters. The summed E-state index contributed by atoms with van der Waals surface area (Å²) in [5.41, 5.74) is -3.05. The highest BCUT2D eigenvalue weighted by Crippen LogP contribution is 2.36. The van der Waals surface area contributed by atoms with Gasteiger partial charge in [-0.2, -0.15) is 13.2 Å². The molecular weight excluding hydrogens is 591 g/mol. The lowest BCUT2D eigenvalue weighted by molar-refractivity contribution is -0.137. The van der Waals surface area contributed by atoms with Gasteiger partial charge in [0.1, 0.15) is 34.7 Å². The van der Waals surface area contributed by atoms with Gasteiger partial charge >= 0.3 is 12.3 Å². The maximum atomic E-state index is 14.8. The second-order valence-electron chi connectivity index (χ2n) is 11.0. The molecule has 3 amide bonds. The Kier molecular flexibility index (Phi) is 8.80. The Morgan fingerprint density at radius 2 is 1.59 bits per heavy atom. The number of ether oxygens (including phenoxy) is 2. The van der Waals surface area contributed by atoms with Crippen LogP contribution in [0.5, 0.6) is 11.5 Å². The summed E-state index contributed by atoms with van der Waals surface area (Å²) in [5, 5.41) is 2.33. The van der Waals surface area contributed by atoms with E-state index in [0.29, 0.717) is 17.7 Å². The number of halogens is 5. The van der Waals surface area contributed by atoms with E-state index in [2.05, 4.69) is 5.32 Å². The molecule has 3 aromatic rings. The van der Waals surface area contributed by atoms with E-state index >= 15 is 0 Å². The number of benzene rings is 3. The molecule has 0 aromatic heterocycles. The minimum absolute atomic E-state index is 0.0801. The molecule has 232 valence electrons. The van der Waals surface area contributed by atoms with Crippen molar-refractivity contribution in [2.75, 3.05) is 11.9 Å². The molecule has 0 spiro atoms. The Labute approximate surface area is 248 Å². The van der Waals surface area contributed by atoms with Gasteiger partial charge in [-0.1, -0.05) is 0 Å². The average molecular weight is 619 g/mol. The first-order valence-electron chi connectivity index (χ1n) is 13.3. The van der Waals surface area contributed by atoms with E-state index in [1.165, 1.54) is 13.0 Å². The molecule has 0 saturated carbocycles. The predicted octanol–water partition coefficient (Wildman–Crippen LogP) is 7.30. The third kappa shape index (κ3) is 7.21. The lowest BCUT2D eigenvalue weighted by Gasteiger charge is -2.23. The van der Waals surface area contributed by atoms with E-state index in [1.54, 1.807) is 20.8 Å². The predicted molar refractivity (Wildman–Crippen MR) is 147 cm³/mol. The van der Waals surface area contributed by atoms with Gasteiger partial charge in [0, 0.05) is 12.2 Å². The Bertz CT molecular complexity index is 1650. The number of alkyl halides is 3. The van der Waals surface area contributed by atoms with Crippen molar-refractivity contribution in [1.82, 2.24) is 4.90 Å². The van der Waals surface area contributed by atoms with Crippen molar-refractivity contribution in [3.05, 3.63) is 88.5 Å². The Morgan fingerprint density at radius 1 is 0.909 bits per heavy atom. The number of rotatable bonds is 6. The minimum atomic E-state index is -4.81. The van der Waals surface area contributed by atoms with Gasteiger partial charge < -0.3 is 14.8 Å². The SMILES string of the molecule is Cc1cc(F)ccc1Oc1ccc(C(F)(F)F)cc1C(=O)Nc1ccc(F)c(C(=O)C2CCN(C(=O)OC(C)(C)C)C2=O)c1. The number of nitrogens with zero attached hydrogens (tertiary/aromatic N) is 1. The first kappa shape index (κ1) is 32.1. The van der Waals surface area contributed by atoms with Crippen molar-refractivity contribution in [1.29, 1.82) is 0 Å². The number of aryl methyl sites for hydroxylation is 1. The van der Waals surface area contributed by atoms with Crippen LogP contribution in [-0.4, -0.2) is 40.7 Å². The lowest BCUT2D eigenvalue weighted by atomic mass is 9.95. The van der Waals surface area contributed by atoms with Gasteiger partial charge in [0.2, 0.25) is 5.91 Å². The summed E-state index contributed by atoms with van der Waals surface area (Å²) in [6.45, 7) is 6.17. The minimum Gasteiger partial charge on any atom is -0.456 e. The van der Waals surface area contributed by atoms with Crippen LogP contribution in [0.2, 0.25) is 0 Å². The molecule has 8 nitrogen and oxygen atoms in total. The molecule has 0 bridgehead atoms. The van der Waals surface area contributed by atoms with Crippen molar-refractivity contribution < 1.29 is 50.6 Å². The number of Topliss-reactive ketones (excluding diaryl/α,β-unsaturated/α-hetero) is 1. The third-order valence-corrected chi connectivity index (χ3v) is 6.53. The molecule has 1 saturated heterocycles. The third-order valence-electron chi connectivity index (χ3n) is 6.53. The Morgan fingerprint density at radius 3 is 2.23 bits per heavy atom. The first-order valence-corrected chi connectivity index (χ1v) is 13.3. The van der Waals surface area contributed by atoms with E-state index in [1.807, 2.05) is 0 Å². The van der Waals surface area contributed by atoms with Gasteiger partial charge in [-0.15, -0.1) is 0 Å². The van der Waals surface area contributed by atoms with Crippen LogP contribution in [0.25, 0.3) is 0 Å². The summed E-state index contributed by atoms with van der Waals surface area (Å²) in [4.78, 5) is 52.4. The fourth-order valence-electron chi connectivity index (χ4n) is 4.42. The van der Waals surface area contributed by atoms with Crippen LogP contribution in [-0.2, 0) is 15.7 Å². The van der Waals surface area contributed by atoms with E-state index in [-0.39, 0.29) is 30.2 Å². The number of ketones is 1. The van der Waals surface area contributed by atoms with Gasteiger partial charge in [-0.25, -0.2) is 18.5 Å². The highest BCUT2D eigenvalue weighted by atomic mass is 19.4. The monoisotopic (exact) mass is 618 g/mol. The number of carbonyl (C=O) groups excluding carboxylic acids is 4. The zero-order valence-electron chi connectivity index (χ0n) is 24.0. The van der Waals surface area contributed by atoms with Gasteiger partial charge in [-0.05, 0) is 94.3 Å². The number of carbonyl (C=O) groups is 4. The summed E-state index contributed by atoms with van der Waals surface area (Å²) >= 11 is 0. The van der Waals surface area contributed by atoms with Gasteiger partial charge in [0.25, 0.3) is 5.91 Å². The number of hydrogen-bond donors (Lipinski definition) is 1. The van der Waals surface area contributed by atoms with Crippen LogP contribution in [0.3, 0.4) is 0 Å². The second-order valence-corrected chi connectivity index (χ2v) is 11.0. The molecule has 0 radical (unpaired) electrons. The molecule has 0 aliphatic carbocycles. The van der Waals surface area contributed by atoms with Gasteiger partial charge in [0.05, 0.1) is 16.7 Å². The van der Waals surface area contributed by atoms with Crippen LogP contribution >= 0.6 is 0 Å². The summed E-state index contributed by atoms with van der Waals surface area (Å²) in [6.07, 6.45) is -5.86. The van der Waals surface area contributed by atoms with Crippen molar-refractivity contribution in [2.24, 2.45) is 5.92 Å². The van der Waals surface area contributed by atoms with E-state index in [0.717, 1.165) is 41.3 Å². The number of imide groups is 1. The van der Waals surface area contributed by atoms with E-state index in [4.69, 9.17) is 9.47 Å². The maximum absolute atomic E-state index is 14.8. The van der Waals surface area contributed by atoms with Crippen LogP contribution < -0.4 is 10.1 Å². The zero-order valence-corrected chi connectivity index (χ0v) is 24.0. The van der Waals surface area contributed by atoms with E-state index < -0.39 is 69.7 Å². The van der Waals surface area contributed by atoms with E-state index in [9.17, 15) is 41.1 Å². The van der Waals surface area contributed by atoms with Crippen LogP contribution in [0.4, 0.5) is 32.4 Å². The highest BCUT2D eigenvalue weighted by molar-refractivity contribution is 6.14. The van der Waals surface area contributed by atoms with Gasteiger partial charge in [-0.3, -0.25) is 14.4 Å². The first-order chi connectivity index (χ1) is 20.4. The standard InChI is InChI=1S/C31H27F5N2O6/c1-16-13-18(32)6-10-24(16)43-25-9-5-17(31(34,35)36)14-22(25)27(40)37-19-7-8-23(33)21(15-19)26(39)20-11-12-38(28(20)41)29(42)44-30(2,3)4/h5-10,13-15,20H,11-12H2,1-4H3,(H,37,40). The summed E-state index contributed by atoms with van der Waals surface area (Å²) in [7, 11) is 0. The lowest BCUT2D eigenvalue weighted by Crippen LogP contribution is -2.39. The number of likely N-dealkylation sites (tertiary alicyclic amines) is 1. The Balaban J connectivity index is 1.60. The molecule has 1 N–H and O–H groups in total. The van der Waals surface area contributed by atoms with Crippen LogP contribution in [0.1, 0.15) is 59.0 Å². The van der Waals surface area contributed by atoms with Crippen molar-refractivity contribution in [3.8, 4) is 11.5 Å². The molecule has 1 aliphatic rings. The molecule has 1 heterocycles. The molecule has 4 rings (SSSR count). The smallest absolute Gasteiger partial charge is 0.417 e. The topological polar surface area (TPSA) is 102 Å². The van der Waals surface area contributed by atoms with Crippen LogP contribution in [0, 0.1) is 24.5 Å². The molecule has 1 aliphatic heterocycles.